The Hall–Kier alpha value is -3.91. The van der Waals surface area contributed by atoms with Gasteiger partial charge in [0.15, 0.2) is 5.78 Å². The average molecular weight is 582 g/mol. The maximum absolute atomic E-state index is 12.9. The van der Waals surface area contributed by atoms with Gasteiger partial charge in [-0.3, -0.25) is 9.59 Å². The molecule has 0 amide bonds. The van der Waals surface area contributed by atoms with Crippen LogP contribution < -0.4 is 15.0 Å². The molecule has 8 nitrogen and oxygen atoms in total. The van der Waals surface area contributed by atoms with Gasteiger partial charge in [0.05, 0.1) is 31.1 Å². The number of hydrogen-bond donors (Lipinski definition) is 2. The molecule has 0 saturated heterocycles. The molecule has 4 rings (SSSR count). The third-order valence-corrected chi connectivity index (χ3v) is 6.57. The number of unbranched alkanes of at least 4 members (excludes halogenated alkanes) is 1. The summed E-state index contributed by atoms with van der Waals surface area (Å²) in [6, 6.07) is 12.3. The summed E-state index contributed by atoms with van der Waals surface area (Å²) in [5, 5.41) is 20.2. The highest BCUT2D eigenvalue weighted by atomic mass is 35.5. The van der Waals surface area contributed by atoms with E-state index < -0.39 is 0 Å². The summed E-state index contributed by atoms with van der Waals surface area (Å²) in [5.41, 5.74) is 3.56. The van der Waals surface area contributed by atoms with E-state index >= 15 is 0 Å². The molecule has 0 unspecified atom stereocenters. The number of nitrogens with one attached hydrogen (secondary N) is 1. The molecule has 0 bridgehead atoms. The van der Waals surface area contributed by atoms with Crippen molar-refractivity contribution in [2.24, 2.45) is 10.2 Å². The van der Waals surface area contributed by atoms with Crippen LogP contribution in [0.1, 0.15) is 81.9 Å². The highest BCUT2D eigenvalue weighted by Crippen LogP contribution is 2.45. The molecule has 0 fully saturated rings. The molecule has 1 aliphatic heterocycles. The van der Waals surface area contributed by atoms with Crippen LogP contribution in [-0.4, -0.2) is 41.5 Å². The Labute approximate surface area is 247 Å². The van der Waals surface area contributed by atoms with E-state index in [1.807, 2.05) is 26.8 Å². The van der Waals surface area contributed by atoms with Gasteiger partial charge in [0.25, 0.3) is 5.56 Å². The summed E-state index contributed by atoms with van der Waals surface area (Å²) in [5.74, 6) is 1.03. The molecule has 1 aromatic heterocycles. The van der Waals surface area contributed by atoms with Crippen LogP contribution in [0.5, 0.6) is 17.2 Å². The number of methoxy groups -OCH3 is 2. The number of benzene rings is 2. The van der Waals surface area contributed by atoms with E-state index in [1.54, 1.807) is 50.6 Å². The quantitative estimate of drug-likeness (QED) is 0.252. The van der Waals surface area contributed by atoms with E-state index in [0.717, 1.165) is 25.0 Å². The zero-order valence-corrected chi connectivity index (χ0v) is 25.7. The van der Waals surface area contributed by atoms with Crippen molar-refractivity contribution < 1.29 is 19.4 Å². The minimum absolute atomic E-state index is 0.0440. The van der Waals surface area contributed by atoms with Crippen LogP contribution in [0.3, 0.4) is 0 Å². The van der Waals surface area contributed by atoms with Crippen molar-refractivity contribution in [2.45, 2.75) is 66.7 Å². The second-order valence-electron chi connectivity index (χ2n) is 8.98. The predicted molar refractivity (Wildman–Crippen MR) is 168 cm³/mol. The summed E-state index contributed by atoms with van der Waals surface area (Å²) >= 11 is 5.64. The first kappa shape index (κ1) is 33.3. The van der Waals surface area contributed by atoms with Gasteiger partial charge in [0, 0.05) is 28.4 Å². The lowest BCUT2D eigenvalue weighted by Crippen LogP contribution is -2.21. The van der Waals surface area contributed by atoms with E-state index in [1.165, 1.54) is 6.92 Å². The van der Waals surface area contributed by atoms with Crippen molar-refractivity contribution in [3.05, 3.63) is 74.7 Å². The lowest BCUT2D eigenvalue weighted by atomic mass is 9.93. The molecule has 2 N–H and O–H groups in total. The van der Waals surface area contributed by atoms with E-state index in [0.29, 0.717) is 57.5 Å². The van der Waals surface area contributed by atoms with Crippen molar-refractivity contribution in [3.8, 4) is 28.4 Å². The van der Waals surface area contributed by atoms with Gasteiger partial charge in [-0.25, -0.2) is 0 Å². The number of hydrogen-bond acceptors (Lipinski definition) is 7. The topological polar surface area (TPSA) is 113 Å². The zero-order valence-electron chi connectivity index (χ0n) is 24.9. The van der Waals surface area contributed by atoms with Crippen LogP contribution in [0, 0.1) is 0 Å². The third-order valence-electron chi connectivity index (χ3n) is 6.34. The summed E-state index contributed by atoms with van der Waals surface area (Å²) in [7, 11) is 3.13. The molecule has 9 heteroatoms. The lowest BCUT2D eigenvalue weighted by Gasteiger charge is -2.19. The summed E-state index contributed by atoms with van der Waals surface area (Å²) in [6.45, 7) is 9.58. The zero-order chi connectivity index (χ0) is 30.5. The molecule has 0 radical (unpaired) electrons. The van der Waals surface area contributed by atoms with Gasteiger partial charge in [0.2, 0.25) is 0 Å². The number of rotatable bonds is 9. The fourth-order valence-electron chi connectivity index (χ4n) is 4.25. The first-order valence-corrected chi connectivity index (χ1v) is 14.2. The number of aromatic hydroxyl groups is 1. The van der Waals surface area contributed by atoms with Crippen molar-refractivity contribution in [1.82, 2.24) is 4.98 Å². The van der Waals surface area contributed by atoms with Gasteiger partial charge in [-0.15, -0.1) is 0 Å². The highest BCUT2D eigenvalue weighted by Gasteiger charge is 2.27. The lowest BCUT2D eigenvalue weighted by molar-refractivity contribution is 0.101. The van der Waals surface area contributed by atoms with E-state index in [4.69, 9.17) is 21.1 Å². The van der Waals surface area contributed by atoms with Crippen LogP contribution in [-0.2, 0) is 6.42 Å². The second-order valence-corrected chi connectivity index (χ2v) is 9.42. The van der Waals surface area contributed by atoms with Gasteiger partial charge in [-0.05, 0) is 50.5 Å². The van der Waals surface area contributed by atoms with E-state index in [9.17, 15) is 14.7 Å². The number of ketones is 1. The minimum Gasteiger partial charge on any atom is -0.506 e. The summed E-state index contributed by atoms with van der Waals surface area (Å²) in [4.78, 5) is 26.6. The van der Waals surface area contributed by atoms with E-state index in [-0.39, 0.29) is 22.7 Å². The van der Waals surface area contributed by atoms with Crippen molar-refractivity contribution >= 4 is 28.8 Å². The van der Waals surface area contributed by atoms with Crippen molar-refractivity contribution in [2.75, 3.05) is 14.2 Å². The maximum Gasteiger partial charge on any atom is 0.261 e. The Kier molecular flexibility index (Phi) is 13.3. The number of aryl methyl sites for hydroxylation is 1. The molecule has 2 aromatic carbocycles. The molecule has 1 aliphatic rings. The molecule has 0 aliphatic carbocycles. The predicted octanol–water partition coefficient (Wildman–Crippen LogP) is 7.63. The number of halogens is 1. The van der Waals surface area contributed by atoms with Gasteiger partial charge in [0.1, 0.15) is 22.8 Å². The molecule has 2 heterocycles. The SMILES string of the molecule is CC.CC(=O)c1cccc(Cl)c1.CCCCc1[nH]c(=O)c(C2=NN=C(CC)C2)c(O)c1-c1c(OC)cccc1OC. The molecular weight excluding hydrogens is 542 g/mol. The third kappa shape index (κ3) is 8.30. The number of carbonyl (C=O) groups is 1. The average Bonchev–Trinajstić information content (AvgIpc) is 3.46. The standard InChI is InChI=1S/C22H27N3O4.C8H7ClO.C2H6/c1-5-7-9-14-18(20-16(28-3)10-8-11-17(20)29-4)21(26)19(22(27)23-14)15-12-13(6-2)24-25-15;1-6(10)7-3-2-4-8(9)5-7;1-2/h8,10-11H,5-7,9,12H2,1-4H3,(H2,23,26,27);2-5H,1H3;1-2H3. The Morgan fingerprint density at radius 1 is 1.00 bits per heavy atom. The summed E-state index contributed by atoms with van der Waals surface area (Å²) in [6.07, 6.45) is 3.62. The molecule has 0 spiro atoms. The Balaban J connectivity index is 0.000000410. The van der Waals surface area contributed by atoms with Crippen molar-refractivity contribution in [1.29, 1.82) is 0 Å². The van der Waals surface area contributed by atoms with Gasteiger partial charge < -0.3 is 19.6 Å². The fourth-order valence-corrected chi connectivity index (χ4v) is 4.44. The molecule has 3 aromatic rings. The number of Topliss-reactive ketones (excluding diaryl/α,β-unsaturated/α-hetero) is 1. The maximum atomic E-state index is 12.9. The molecule has 220 valence electrons. The van der Waals surface area contributed by atoms with Gasteiger partial charge in [-0.1, -0.05) is 63.9 Å². The highest BCUT2D eigenvalue weighted by molar-refractivity contribution is 6.31. The fraction of sp³-hybridized carbons (Fsp3) is 0.375. The monoisotopic (exact) mass is 581 g/mol. The van der Waals surface area contributed by atoms with Gasteiger partial charge >= 0.3 is 0 Å². The van der Waals surface area contributed by atoms with Crippen LogP contribution in [0.2, 0.25) is 5.02 Å². The molecule has 0 saturated carbocycles. The second kappa shape index (κ2) is 16.4. The number of nitrogens with zero attached hydrogens (tertiary/aromatic N) is 2. The van der Waals surface area contributed by atoms with Crippen LogP contribution >= 0.6 is 11.6 Å². The number of carbonyl (C=O) groups excluding carboxylic acids is 1. The smallest absolute Gasteiger partial charge is 0.261 e. The van der Waals surface area contributed by atoms with E-state index in [2.05, 4.69) is 22.1 Å². The summed E-state index contributed by atoms with van der Waals surface area (Å²) < 4.78 is 11.1. The van der Waals surface area contributed by atoms with Crippen LogP contribution in [0.25, 0.3) is 11.1 Å². The first-order valence-electron chi connectivity index (χ1n) is 13.8. The number of pyridine rings is 1. The molecule has 0 atom stereocenters. The number of aromatic nitrogens is 1. The minimum atomic E-state index is -0.363. The van der Waals surface area contributed by atoms with Crippen LogP contribution in [0.15, 0.2) is 57.5 Å². The number of ether oxygens (including phenoxy) is 2. The number of H-pyrrole nitrogens is 1. The first-order chi connectivity index (χ1) is 19.7. The molecular formula is C32H40ClN3O5. The normalized spacial score (nSPS) is 11.8. The van der Waals surface area contributed by atoms with Gasteiger partial charge in [-0.2, -0.15) is 10.2 Å². The molecule has 41 heavy (non-hydrogen) atoms. The number of aromatic amines is 1. The largest absolute Gasteiger partial charge is 0.506 e. The Bertz CT molecular complexity index is 1440. The Morgan fingerprint density at radius 3 is 2.12 bits per heavy atom. The Morgan fingerprint density at radius 2 is 1.63 bits per heavy atom. The van der Waals surface area contributed by atoms with Crippen LogP contribution in [0.4, 0.5) is 0 Å². The van der Waals surface area contributed by atoms with Crippen molar-refractivity contribution in [3.63, 3.8) is 0 Å².